The van der Waals surface area contributed by atoms with Crippen molar-refractivity contribution in [3.63, 3.8) is 0 Å². The van der Waals surface area contributed by atoms with Gasteiger partial charge in [0.15, 0.2) is 5.69 Å². The van der Waals surface area contributed by atoms with Gasteiger partial charge in [-0.1, -0.05) is 29.6 Å². The molecule has 7 nitrogen and oxygen atoms in total. The predicted octanol–water partition coefficient (Wildman–Crippen LogP) is 2.13. The first-order valence-corrected chi connectivity index (χ1v) is 7.81. The molecule has 2 aromatic heterocycles. The molecular weight excluding hydrogens is 320 g/mol. The van der Waals surface area contributed by atoms with E-state index in [0.717, 1.165) is 25.7 Å². The van der Waals surface area contributed by atoms with Gasteiger partial charge in [0.1, 0.15) is 12.0 Å². The monoisotopic (exact) mass is 336 g/mol. The van der Waals surface area contributed by atoms with Crippen molar-refractivity contribution in [3.8, 4) is 0 Å². The highest BCUT2D eigenvalue weighted by molar-refractivity contribution is 6.30. The second-order valence-electron chi connectivity index (χ2n) is 5.74. The molecule has 0 atom stereocenters. The lowest BCUT2D eigenvalue weighted by atomic mass is 9.97. The second-order valence-corrected chi connectivity index (χ2v) is 6.18. The molecule has 23 heavy (non-hydrogen) atoms. The molecule has 8 heteroatoms. The summed E-state index contributed by atoms with van der Waals surface area (Å²) in [5, 5.41) is 9.94. The number of hydrogen-bond acceptors (Lipinski definition) is 4. The summed E-state index contributed by atoms with van der Waals surface area (Å²) in [5.41, 5.74) is 0.179. The number of aromatic amines is 1. The molecule has 3 N–H and O–H groups in total. The van der Waals surface area contributed by atoms with Gasteiger partial charge in [-0.25, -0.2) is 0 Å². The van der Waals surface area contributed by atoms with Crippen LogP contribution in [0, 0.1) is 0 Å². The quantitative estimate of drug-likeness (QED) is 0.778. The lowest BCUT2D eigenvalue weighted by Gasteiger charge is -2.30. The van der Waals surface area contributed by atoms with Crippen molar-refractivity contribution in [1.29, 1.82) is 0 Å². The van der Waals surface area contributed by atoms with Crippen LogP contribution in [0.5, 0.6) is 0 Å². The number of rotatable bonds is 5. The topological polar surface area (TPSA) is 100 Å². The molecule has 0 radical (unpaired) electrons. The number of hydrogen-bond donors (Lipinski definition) is 3. The Hall–Kier alpha value is -2.28. The molecule has 3 rings (SSSR count). The van der Waals surface area contributed by atoms with Gasteiger partial charge in [0, 0.05) is 18.8 Å². The first kappa shape index (κ1) is 15.6. The van der Waals surface area contributed by atoms with Gasteiger partial charge in [0.25, 0.3) is 11.8 Å². The van der Waals surface area contributed by atoms with Crippen LogP contribution < -0.4 is 10.6 Å². The molecule has 0 bridgehead atoms. The van der Waals surface area contributed by atoms with Crippen LogP contribution in [0.4, 0.5) is 0 Å². The van der Waals surface area contributed by atoms with E-state index in [1.165, 1.54) is 12.3 Å². The predicted molar refractivity (Wildman–Crippen MR) is 83.3 cm³/mol. The third-order valence-electron chi connectivity index (χ3n) is 4.09. The molecule has 0 unspecified atom stereocenters. The zero-order chi connectivity index (χ0) is 16.3. The SMILES string of the molecule is O=C(NCC1(NC(=O)c2cc(Cl)c[nH]2)CCCC1)c1ccon1. The maximum absolute atomic E-state index is 12.4. The van der Waals surface area contributed by atoms with Gasteiger partial charge in [-0.15, -0.1) is 0 Å². The molecule has 0 aromatic carbocycles. The Bertz CT molecular complexity index is 689. The van der Waals surface area contributed by atoms with Crippen molar-refractivity contribution >= 4 is 23.4 Å². The number of amides is 2. The summed E-state index contributed by atoms with van der Waals surface area (Å²) in [6, 6.07) is 3.07. The zero-order valence-electron chi connectivity index (χ0n) is 12.4. The first-order chi connectivity index (χ1) is 11.1. The van der Waals surface area contributed by atoms with Crippen molar-refractivity contribution < 1.29 is 14.1 Å². The molecular formula is C15H17ClN4O3. The molecule has 2 amide bonds. The van der Waals surface area contributed by atoms with Gasteiger partial charge in [-0.05, 0) is 18.9 Å². The molecule has 0 saturated heterocycles. The van der Waals surface area contributed by atoms with Gasteiger partial charge in [0.05, 0.1) is 10.6 Å². The number of nitrogens with zero attached hydrogens (tertiary/aromatic N) is 1. The first-order valence-electron chi connectivity index (χ1n) is 7.43. The van der Waals surface area contributed by atoms with Gasteiger partial charge in [0.2, 0.25) is 0 Å². The largest absolute Gasteiger partial charge is 0.364 e. The van der Waals surface area contributed by atoms with E-state index in [9.17, 15) is 9.59 Å². The summed E-state index contributed by atoms with van der Waals surface area (Å²) in [6.45, 7) is 0.346. The highest BCUT2D eigenvalue weighted by Gasteiger charge is 2.36. The summed E-state index contributed by atoms with van der Waals surface area (Å²) in [5.74, 6) is -0.545. The summed E-state index contributed by atoms with van der Waals surface area (Å²) in [6.07, 6.45) is 6.54. The molecule has 122 valence electrons. The average Bonchev–Trinajstić information content (AvgIpc) is 3.26. The van der Waals surface area contributed by atoms with Crippen molar-refractivity contribution in [2.75, 3.05) is 6.54 Å². The van der Waals surface area contributed by atoms with E-state index in [-0.39, 0.29) is 17.5 Å². The van der Waals surface area contributed by atoms with Gasteiger partial charge in [-0.3, -0.25) is 9.59 Å². The Kier molecular flexibility index (Phi) is 4.38. The third kappa shape index (κ3) is 3.56. The van der Waals surface area contributed by atoms with Crippen molar-refractivity contribution in [1.82, 2.24) is 20.8 Å². The Labute approximate surface area is 137 Å². The molecule has 0 spiro atoms. The summed E-state index contributed by atoms with van der Waals surface area (Å²) in [4.78, 5) is 27.2. The summed E-state index contributed by atoms with van der Waals surface area (Å²) < 4.78 is 4.66. The standard InChI is InChI=1S/C15H17ClN4O3/c16-10-7-12(17-8-10)14(22)19-15(4-1-2-5-15)9-18-13(21)11-3-6-23-20-11/h3,6-8,17H,1-2,4-5,9H2,(H,18,21)(H,19,22). The van der Waals surface area contributed by atoms with Crippen LogP contribution in [0.15, 0.2) is 29.1 Å². The van der Waals surface area contributed by atoms with Crippen LogP contribution in [0.3, 0.4) is 0 Å². The van der Waals surface area contributed by atoms with E-state index in [1.807, 2.05) is 0 Å². The minimum absolute atomic E-state index is 0.223. The van der Waals surface area contributed by atoms with E-state index in [4.69, 9.17) is 11.6 Å². The van der Waals surface area contributed by atoms with Gasteiger partial charge >= 0.3 is 0 Å². The van der Waals surface area contributed by atoms with E-state index in [0.29, 0.717) is 17.3 Å². The zero-order valence-corrected chi connectivity index (χ0v) is 13.2. The Morgan fingerprint density at radius 2 is 2.13 bits per heavy atom. The van der Waals surface area contributed by atoms with Crippen molar-refractivity contribution in [3.05, 3.63) is 41.0 Å². The highest BCUT2D eigenvalue weighted by atomic mass is 35.5. The van der Waals surface area contributed by atoms with Crippen LogP contribution in [0.25, 0.3) is 0 Å². The fraction of sp³-hybridized carbons (Fsp3) is 0.400. The normalized spacial score (nSPS) is 16.2. The number of carbonyl (C=O) groups is 2. The van der Waals surface area contributed by atoms with Gasteiger partial charge < -0.3 is 20.1 Å². The molecule has 2 aromatic rings. The number of aromatic nitrogens is 2. The lowest BCUT2D eigenvalue weighted by Crippen LogP contribution is -2.54. The Morgan fingerprint density at radius 1 is 1.35 bits per heavy atom. The number of nitrogens with one attached hydrogen (secondary N) is 3. The van der Waals surface area contributed by atoms with E-state index in [1.54, 1.807) is 12.3 Å². The van der Waals surface area contributed by atoms with Crippen LogP contribution in [0.2, 0.25) is 5.02 Å². The number of H-pyrrole nitrogens is 1. The van der Waals surface area contributed by atoms with Gasteiger partial charge in [-0.2, -0.15) is 0 Å². The molecule has 1 fully saturated rings. The number of carbonyl (C=O) groups excluding carboxylic acids is 2. The third-order valence-corrected chi connectivity index (χ3v) is 4.31. The summed E-state index contributed by atoms with van der Waals surface area (Å²) >= 11 is 5.83. The number of halogens is 1. The second kappa shape index (κ2) is 6.45. The van der Waals surface area contributed by atoms with Crippen molar-refractivity contribution in [2.24, 2.45) is 0 Å². The lowest BCUT2D eigenvalue weighted by molar-refractivity contribution is 0.0860. The van der Waals surface area contributed by atoms with Crippen LogP contribution >= 0.6 is 11.6 Å². The molecule has 2 heterocycles. The maximum Gasteiger partial charge on any atom is 0.273 e. The minimum Gasteiger partial charge on any atom is -0.364 e. The molecule has 0 aliphatic heterocycles. The maximum atomic E-state index is 12.4. The van der Waals surface area contributed by atoms with Crippen LogP contribution in [0.1, 0.15) is 46.7 Å². The molecule has 1 aliphatic rings. The van der Waals surface area contributed by atoms with Crippen LogP contribution in [-0.2, 0) is 0 Å². The van der Waals surface area contributed by atoms with Crippen LogP contribution in [-0.4, -0.2) is 34.0 Å². The highest BCUT2D eigenvalue weighted by Crippen LogP contribution is 2.29. The average molecular weight is 337 g/mol. The molecule has 1 saturated carbocycles. The van der Waals surface area contributed by atoms with Crippen molar-refractivity contribution in [2.45, 2.75) is 31.2 Å². The Morgan fingerprint density at radius 3 is 2.74 bits per heavy atom. The fourth-order valence-electron chi connectivity index (χ4n) is 2.87. The van der Waals surface area contributed by atoms with E-state index < -0.39 is 5.54 Å². The minimum atomic E-state index is -0.450. The molecule has 1 aliphatic carbocycles. The smallest absolute Gasteiger partial charge is 0.273 e. The van der Waals surface area contributed by atoms with E-state index >= 15 is 0 Å². The van der Waals surface area contributed by atoms with E-state index in [2.05, 4.69) is 25.3 Å². The fourth-order valence-corrected chi connectivity index (χ4v) is 3.04. The Balaban J connectivity index is 1.65. The summed E-state index contributed by atoms with van der Waals surface area (Å²) in [7, 11) is 0.